The van der Waals surface area contributed by atoms with E-state index in [2.05, 4.69) is 17.3 Å². The average molecular weight is 262 g/mol. The van der Waals surface area contributed by atoms with Crippen molar-refractivity contribution in [2.24, 2.45) is 0 Å². The van der Waals surface area contributed by atoms with Crippen molar-refractivity contribution < 1.29 is 10.2 Å². The molecule has 1 aromatic rings. The summed E-state index contributed by atoms with van der Waals surface area (Å²) in [5.41, 5.74) is 0.881. The first-order valence-corrected chi connectivity index (χ1v) is 7.09. The van der Waals surface area contributed by atoms with Crippen LogP contribution in [0.4, 0.5) is 0 Å². The third-order valence-electron chi connectivity index (χ3n) is 4.56. The van der Waals surface area contributed by atoms with Crippen molar-refractivity contribution in [2.45, 2.75) is 50.4 Å². The first-order chi connectivity index (χ1) is 9.11. The number of nitrogens with zero attached hydrogens (tertiary/aromatic N) is 1. The summed E-state index contributed by atoms with van der Waals surface area (Å²) in [6.45, 7) is 0.732. The molecule has 2 heterocycles. The van der Waals surface area contributed by atoms with Crippen molar-refractivity contribution in [3.63, 3.8) is 0 Å². The van der Waals surface area contributed by atoms with Gasteiger partial charge in [0.15, 0.2) is 0 Å². The minimum Gasteiger partial charge on any atom is -0.508 e. The molecule has 0 spiro atoms. The fraction of sp³-hybridized carbons (Fsp3) is 0.600. The van der Waals surface area contributed by atoms with E-state index in [1.165, 1.54) is 31.7 Å². The van der Waals surface area contributed by atoms with Crippen LogP contribution in [0.2, 0.25) is 0 Å². The van der Waals surface area contributed by atoms with Crippen molar-refractivity contribution in [1.82, 2.24) is 10.2 Å². The maximum atomic E-state index is 9.86. The van der Waals surface area contributed by atoms with E-state index in [1.807, 2.05) is 0 Å². The number of fused-ring (bicyclic) bond motifs is 2. The van der Waals surface area contributed by atoms with Gasteiger partial charge < -0.3 is 15.5 Å². The summed E-state index contributed by atoms with van der Waals surface area (Å²) in [5, 5.41) is 22.8. The number of nitrogens with one attached hydrogen (secondary N) is 1. The minimum atomic E-state index is 0.115. The van der Waals surface area contributed by atoms with Crippen LogP contribution in [0.5, 0.6) is 11.5 Å². The van der Waals surface area contributed by atoms with Crippen LogP contribution in [0.3, 0.4) is 0 Å². The van der Waals surface area contributed by atoms with Gasteiger partial charge in [0.2, 0.25) is 0 Å². The molecule has 0 aromatic heterocycles. The van der Waals surface area contributed by atoms with Crippen LogP contribution in [0.15, 0.2) is 18.2 Å². The van der Waals surface area contributed by atoms with Crippen LogP contribution in [-0.2, 0) is 6.54 Å². The number of rotatable bonds is 3. The SMILES string of the molecule is CN(Cc1ccc(O)cc1O)C1CC2CCC(C1)N2. The number of piperidine rings is 1. The van der Waals surface area contributed by atoms with Gasteiger partial charge in [-0.3, -0.25) is 4.90 Å². The summed E-state index contributed by atoms with van der Waals surface area (Å²) < 4.78 is 0. The second-order valence-corrected chi connectivity index (χ2v) is 5.99. The first kappa shape index (κ1) is 12.8. The topological polar surface area (TPSA) is 55.7 Å². The quantitative estimate of drug-likeness (QED) is 0.777. The molecule has 2 aliphatic rings. The molecule has 4 heteroatoms. The highest BCUT2D eigenvalue weighted by Gasteiger charge is 2.35. The maximum absolute atomic E-state index is 9.86. The van der Waals surface area contributed by atoms with Crippen molar-refractivity contribution in [1.29, 1.82) is 0 Å². The van der Waals surface area contributed by atoms with Gasteiger partial charge in [0, 0.05) is 36.3 Å². The fourth-order valence-electron chi connectivity index (χ4n) is 3.47. The molecular weight excluding hydrogens is 240 g/mol. The fourth-order valence-corrected chi connectivity index (χ4v) is 3.47. The average Bonchev–Trinajstić information content (AvgIpc) is 2.71. The minimum absolute atomic E-state index is 0.115. The van der Waals surface area contributed by atoms with Crippen LogP contribution in [0, 0.1) is 0 Å². The predicted octanol–water partition coefficient (Wildman–Crippen LogP) is 1.81. The van der Waals surface area contributed by atoms with Gasteiger partial charge in [0.1, 0.15) is 11.5 Å². The van der Waals surface area contributed by atoms with E-state index in [1.54, 1.807) is 12.1 Å². The Bertz CT molecular complexity index is 451. The van der Waals surface area contributed by atoms with Gasteiger partial charge in [-0.2, -0.15) is 0 Å². The van der Waals surface area contributed by atoms with Gasteiger partial charge in [0.25, 0.3) is 0 Å². The number of phenolic OH excluding ortho intramolecular Hbond substituents is 2. The highest BCUT2D eigenvalue weighted by molar-refractivity contribution is 5.38. The van der Waals surface area contributed by atoms with Gasteiger partial charge in [-0.05, 0) is 38.8 Å². The molecule has 2 atom stereocenters. The molecular formula is C15H22N2O2. The zero-order chi connectivity index (χ0) is 13.4. The number of aromatic hydroxyl groups is 2. The molecule has 2 bridgehead atoms. The second kappa shape index (κ2) is 5.02. The van der Waals surface area contributed by atoms with Gasteiger partial charge >= 0.3 is 0 Å². The van der Waals surface area contributed by atoms with Crippen LogP contribution in [-0.4, -0.2) is 40.3 Å². The lowest BCUT2D eigenvalue weighted by Crippen LogP contribution is -2.46. The second-order valence-electron chi connectivity index (χ2n) is 5.99. The number of phenols is 2. The van der Waals surface area contributed by atoms with Crippen LogP contribution < -0.4 is 5.32 Å². The number of hydrogen-bond donors (Lipinski definition) is 3. The van der Waals surface area contributed by atoms with Crippen molar-refractivity contribution in [3.8, 4) is 11.5 Å². The third-order valence-corrected chi connectivity index (χ3v) is 4.56. The molecule has 0 saturated carbocycles. The molecule has 3 rings (SSSR count). The molecule has 0 amide bonds. The van der Waals surface area contributed by atoms with Gasteiger partial charge in [0.05, 0.1) is 0 Å². The Hall–Kier alpha value is -1.26. The van der Waals surface area contributed by atoms with Gasteiger partial charge in [-0.25, -0.2) is 0 Å². The van der Waals surface area contributed by atoms with E-state index in [9.17, 15) is 10.2 Å². The first-order valence-electron chi connectivity index (χ1n) is 7.09. The maximum Gasteiger partial charge on any atom is 0.123 e. The summed E-state index contributed by atoms with van der Waals surface area (Å²) in [6, 6.07) is 6.80. The van der Waals surface area contributed by atoms with Gasteiger partial charge in [-0.15, -0.1) is 0 Å². The summed E-state index contributed by atoms with van der Waals surface area (Å²) in [6.07, 6.45) is 5.01. The lowest BCUT2D eigenvalue weighted by atomic mass is 9.98. The standard InChI is InChI=1S/C15H22N2O2/c1-17(9-10-2-5-14(18)8-15(10)19)13-6-11-3-4-12(7-13)16-11/h2,5,8,11-13,16,18-19H,3-4,6-7,9H2,1H3. The molecule has 1 aromatic carbocycles. The van der Waals surface area contributed by atoms with Crippen LogP contribution in [0.25, 0.3) is 0 Å². The summed E-state index contributed by atoms with van der Waals surface area (Å²) in [4.78, 5) is 2.33. The monoisotopic (exact) mass is 262 g/mol. The highest BCUT2D eigenvalue weighted by atomic mass is 16.3. The molecule has 19 heavy (non-hydrogen) atoms. The molecule has 0 radical (unpaired) electrons. The van der Waals surface area contributed by atoms with E-state index in [0.29, 0.717) is 18.1 Å². The Morgan fingerprint density at radius 2 is 1.89 bits per heavy atom. The molecule has 3 N–H and O–H groups in total. The number of hydrogen-bond acceptors (Lipinski definition) is 4. The molecule has 2 aliphatic heterocycles. The zero-order valence-corrected chi connectivity index (χ0v) is 11.3. The molecule has 2 fully saturated rings. The lowest BCUT2D eigenvalue weighted by Gasteiger charge is -2.35. The van der Waals surface area contributed by atoms with E-state index in [4.69, 9.17) is 0 Å². The molecule has 0 aliphatic carbocycles. The van der Waals surface area contributed by atoms with E-state index >= 15 is 0 Å². The van der Waals surface area contributed by atoms with Crippen molar-refractivity contribution in [2.75, 3.05) is 7.05 Å². The van der Waals surface area contributed by atoms with Crippen LogP contribution in [0.1, 0.15) is 31.2 Å². The highest BCUT2D eigenvalue weighted by Crippen LogP contribution is 2.31. The Kier molecular flexibility index (Phi) is 3.37. The Labute approximate surface area is 114 Å². The number of benzene rings is 1. The molecule has 4 nitrogen and oxygen atoms in total. The normalized spacial score (nSPS) is 29.9. The molecule has 104 valence electrons. The summed E-state index contributed by atoms with van der Waals surface area (Å²) in [5.74, 6) is 0.299. The van der Waals surface area contributed by atoms with E-state index in [-0.39, 0.29) is 11.5 Å². The van der Waals surface area contributed by atoms with Crippen molar-refractivity contribution >= 4 is 0 Å². The lowest BCUT2D eigenvalue weighted by molar-refractivity contribution is 0.164. The Balaban J connectivity index is 1.66. The molecule has 2 saturated heterocycles. The van der Waals surface area contributed by atoms with Crippen molar-refractivity contribution in [3.05, 3.63) is 23.8 Å². The summed E-state index contributed by atoms with van der Waals surface area (Å²) >= 11 is 0. The predicted molar refractivity (Wildman–Crippen MR) is 74.2 cm³/mol. The zero-order valence-electron chi connectivity index (χ0n) is 11.3. The van der Waals surface area contributed by atoms with Crippen LogP contribution >= 0.6 is 0 Å². The largest absolute Gasteiger partial charge is 0.508 e. The Morgan fingerprint density at radius 1 is 1.21 bits per heavy atom. The van der Waals surface area contributed by atoms with E-state index in [0.717, 1.165) is 12.1 Å². The van der Waals surface area contributed by atoms with E-state index < -0.39 is 0 Å². The summed E-state index contributed by atoms with van der Waals surface area (Å²) in [7, 11) is 2.13. The smallest absolute Gasteiger partial charge is 0.123 e. The molecule has 2 unspecified atom stereocenters. The Morgan fingerprint density at radius 3 is 2.53 bits per heavy atom. The third kappa shape index (κ3) is 2.69. The van der Waals surface area contributed by atoms with Gasteiger partial charge in [-0.1, -0.05) is 6.07 Å².